The molecule has 1 heterocycles. The highest BCUT2D eigenvalue weighted by atomic mass is 16.4. The highest BCUT2D eigenvalue weighted by molar-refractivity contribution is 5.66. The first-order chi connectivity index (χ1) is 6.61. The number of rotatable bonds is 5. The molecule has 0 spiro atoms. The van der Waals surface area contributed by atoms with Crippen LogP contribution in [0.15, 0.2) is 0 Å². The minimum Gasteiger partial charge on any atom is -0.481 e. The van der Waals surface area contributed by atoms with E-state index in [-0.39, 0.29) is 0 Å². The Bertz CT molecular complexity index is 186. The van der Waals surface area contributed by atoms with E-state index in [4.69, 9.17) is 5.11 Å². The Labute approximate surface area is 85.9 Å². The Balaban J connectivity index is 2.41. The topological polar surface area (TPSA) is 49.3 Å². The third-order valence-corrected chi connectivity index (χ3v) is 3.25. The van der Waals surface area contributed by atoms with E-state index in [1.165, 1.54) is 6.42 Å². The van der Waals surface area contributed by atoms with Gasteiger partial charge in [-0.3, -0.25) is 4.79 Å². The van der Waals surface area contributed by atoms with Crippen LogP contribution in [0.4, 0.5) is 0 Å². The third kappa shape index (κ3) is 3.29. The molecule has 2 N–H and O–H groups in total. The van der Waals surface area contributed by atoms with Gasteiger partial charge in [0.25, 0.3) is 0 Å². The Morgan fingerprint density at radius 3 is 2.71 bits per heavy atom. The van der Waals surface area contributed by atoms with Gasteiger partial charge in [-0.25, -0.2) is 0 Å². The van der Waals surface area contributed by atoms with Gasteiger partial charge in [0.1, 0.15) is 0 Å². The Morgan fingerprint density at radius 1 is 1.57 bits per heavy atom. The lowest BCUT2D eigenvalue weighted by Gasteiger charge is -2.26. The summed E-state index contributed by atoms with van der Waals surface area (Å²) in [6, 6.07) is 0. The fraction of sp³-hybridized carbons (Fsp3) is 0.909. The van der Waals surface area contributed by atoms with Crippen LogP contribution in [0, 0.1) is 17.8 Å². The normalized spacial score (nSPS) is 24.1. The molecule has 0 bridgehead atoms. The summed E-state index contributed by atoms with van der Waals surface area (Å²) >= 11 is 0. The van der Waals surface area contributed by atoms with Crippen molar-refractivity contribution >= 4 is 5.97 Å². The van der Waals surface area contributed by atoms with Crippen molar-refractivity contribution in [2.45, 2.75) is 33.1 Å². The van der Waals surface area contributed by atoms with Gasteiger partial charge in [-0.15, -0.1) is 0 Å². The molecule has 0 amide bonds. The first-order valence-corrected chi connectivity index (χ1v) is 5.53. The van der Waals surface area contributed by atoms with Crippen LogP contribution in [0.1, 0.15) is 33.1 Å². The monoisotopic (exact) mass is 199 g/mol. The number of hydrogen-bond acceptors (Lipinski definition) is 2. The summed E-state index contributed by atoms with van der Waals surface area (Å²) in [4.78, 5) is 10.5. The van der Waals surface area contributed by atoms with Gasteiger partial charge in [0, 0.05) is 6.42 Å². The molecule has 1 fully saturated rings. The molecule has 0 aliphatic carbocycles. The quantitative estimate of drug-likeness (QED) is 0.709. The van der Waals surface area contributed by atoms with Crippen LogP contribution in [0.2, 0.25) is 0 Å². The molecule has 0 aromatic rings. The molecule has 0 aromatic carbocycles. The van der Waals surface area contributed by atoms with Gasteiger partial charge in [-0.1, -0.05) is 13.8 Å². The molecular weight excluding hydrogens is 178 g/mol. The molecule has 1 aliphatic heterocycles. The van der Waals surface area contributed by atoms with Crippen LogP contribution < -0.4 is 5.32 Å². The van der Waals surface area contributed by atoms with E-state index in [2.05, 4.69) is 19.2 Å². The van der Waals surface area contributed by atoms with Crippen molar-refractivity contribution < 1.29 is 9.90 Å². The zero-order chi connectivity index (χ0) is 10.6. The van der Waals surface area contributed by atoms with E-state index in [1.807, 2.05) is 0 Å². The largest absolute Gasteiger partial charge is 0.481 e. The summed E-state index contributed by atoms with van der Waals surface area (Å²) < 4.78 is 0. The minimum absolute atomic E-state index is 0.319. The van der Waals surface area contributed by atoms with E-state index >= 15 is 0 Å². The van der Waals surface area contributed by atoms with Crippen molar-refractivity contribution in [3.63, 3.8) is 0 Å². The van der Waals surface area contributed by atoms with Crippen LogP contribution in [0.5, 0.6) is 0 Å². The van der Waals surface area contributed by atoms with Crippen LogP contribution in [-0.2, 0) is 4.79 Å². The van der Waals surface area contributed by atoms with Crippen LogP contribution in [0.3, 0.4) is 0 Å². The lowest BCUT2D eigenvalue weighted by Crippen LogP contribution is -2.23. The lowest BCUT2D eigenvalue weighted by atomic mass is 9.80. The predicted octanol–water partition coefficient (Wildman–Crippen LogP) is 1.73. The maximum Gasteiger partial charge on any atom is 0.303 e. The first-order valence-electron chi connectivity index (χ1n) is 5.53. The molecule has 0 saturated carbocycles. The van der Waals surface area contributed by atoms with E-state index in [0.29, 0.717) is 24.2 Å². The van der Waals surface area contributed by atoms with Gasteiger partial charge >= 0.3 is 5.97 Å². The minimum atomic E-state index is -0.665. The molecule has 1 rings (SSSR count). The second kappa shape index (κ2) is 5.35. The van der Waals surface area contributed by atoms with Crippen molar-refractivity contribution in [1.29, 1.82) is 0 Å². The van der Waals surface area contributed by atoms with Gasteiger partial charge in [0.15, 0.2) is 0 Å². The molecule has 3 heteroatoms. The second-order valence-electron chi connectivity index (χ2n) is 4.59. The number of nitrogens with one attached hydrogen (secondary N) is 1. The van der Waals surface area contributed by atoms with E-state index in [1.54, 1.807) is 0 Å². The van der Waals surface area contributed by atoms with Crippen LogP contribution >= 0.6 is 0 Å². The van der Waals surface area contributed by atoms with Crippen molar-refractivity contribution in [3.8, 4) is 0 Å². The highest BCUT2D eigenvalue weighted by Crippen LogP contribution is 2.29. The third-order valence-electron chi connectivity index (χ3n) is 3.25. The summed E-state index contributed by atoms with van der Waals surface area (Å²) in [5, 5.41) is 12.0. The zero-order valence-electron chi connectivity index (χ0n) is 9.12. The summed E-state index contributed by atoms with van der Waals surface area (Å²) in [5.41, 5.74) is 0. The molecule has 1 aliphatic rings. The van der Waals surface area contributed by atoms with Crippen molar-refractivity contribution in [2.24, 2.45) is 17.8 Å². The van der Waals surface area contributed by atoms with E-state index in [0.717, 1.165) is 19.5 Å². The molecule has 0 aromatic heterocycles. The zero-order valence-corrected chi connectivity index (χ0v) is 9.12. The van der Waals surface area contributed by atoms with Crippen molar-refractivity contribution in [2.75, 3.05) is 13.1 Å². The molecule has 14 heavy (non-hydrogen) atoms. The summed E-state index contributed by atoms with van der Waals surface area (Å²) in [6.07, 6.45) is 2.36. The molecule has 3 nitrogen and oxygen atoms in total. The molecule has 0 radical (unpaired) electrons. The summed E-state index contributed by atoms with van der Waals surface area (Å²) in [7, 11) is 0. The fourth-order valence-corrected chi connectivity index (χ4v) is 2.45. The maximum atomic E-state index is 10.5. The smallest absolute Gasteiger partial charge is 0.303 e. The molecule has 1 saturated heterocycles. The molecular formula is C11H21NO2. The summed E-state index contributed by atoms with van der Waals surface area (Å²) in [5.74, 6) is 1.19. The van der Waals surface area contributed by atoms with E-state index < -0.39 is 5.97 Å². The second-order valence-corrected chi connectivity index (χ2v) is 4.59. The molecule has 82 valence electrons. The standard InChI is InChI=1S/C11H21NO2/c1-8(2)10(3-4-11(13)14)9-5-6-12-7-9/h8-10,12H,3-7H2,1-2H3,(H,13,14). The predicted molar refractivity (Wildman–Crippen MR) is 56.2 cm³/mol. The first kappa shape index (κ1) is 11.5. The average molecular weight is 199 g/mol. The van der Waals surface area contributed by atoms with Crippen LogP contribution in [0.25, 0.3) is 0 Å². The lowest BCUT2D eigenvalue weighted by molar-refractivity contribution is -0.137. The van der Waals surface area contributed by atoms with Gasteiger partial charge in [0.2, 0.25) is 0 Å². The SMILES string of the molecule is CC(C)C(CCC(=O)O)C1CCNC1. The van der Waals surface area contributed by atoms with Crippen LogP contribution in [-0.4, -0.2) is 24.2 Å². The number of aliphatic carboxylic acids is 1. The fourth-order valence-electron chi connectivity index (χ4n) is 2.45. The van der Waals surface area contributed by atoms with Gasteiger partial charge < -0.3 is 10.4 Å². The maximum absolute atomic E-state index is 10.5. The number of carbonyl (C=O) groups is 1. The number of carboxylic acids is 1. The Morgan fingerprint density at radius 2 is 2.29 bits per heavy atom. The van der Waals surface area contributed by atoms with Gasteiger partial charge in [-0.2, -0.15) is 0 Å². The van der Waals surface area contributed by atoms with Crippen molar-refractivity contribution in [1.82, 2.24) is 5.32 Å². The van der Waals surface area contributed by atoms with Gasteiger partial charge in [0.05, 0.1) is 0 Å². The van der Waals surface area contributed by atoms with Gasteiger partial charge in [-0.05, 0) is 43.7 Å². The average Bonchev–Trinajstić information content (AvgIpc) is 2.56. The number of hydrogen-bond donors (Lipinski definition) is 2. The Kier molecular flexibility index (Phi) is 4.39. The van der Waals surface area contributed by atoms with E-state index in [9.17, 15) is 4.79 Å². The Hall–Kier alpha value is -0.570. The molecule has 2 atom stereocenters. The van der Waals surface area contributed by atoms with Crippen molar-refractivity contribution in [3.05, 3.63) is 0 Å². The highest BCUT2D eigenvalue weighted by Gasteiger charge is 2.27. The number of carboxylic acid groups (broad SMARTS) is 1. The summed E-state index contributed by atoms with van der Waals surface area (Å²) in [6.45, 7) is 6.57. The molecule has 2 unspecified atom stereocenters.